The molecule has 4 nitrogen and oxygen atoms in total. The van der Waals surface area contributed by atoms with Crippen molar-refractivity contribution in [3.8, 4) is 5.75 Å². The van der Waals surface area contributed by atoms with Gasteiger partial charge in [-0.3, -0.25) is 4.79 Å². The van der Waals surface area contributed by atoms with Crippen molar-refractivity contribution in [3.63, 3.8) is 0 Å². The fraction of sp³-hybridized carbons (Fsp3) is 0.533. The van der Waals surface area contributed by atoms with Crippen LogP contribution in [-0.4, -0.2) is 30.0 Å². The minimum absolute atomic E-state index is 0.105. The average molecular weight is 282 g/mol. The number of hydrogen-bond donors (Lipinski definition) is 1. The molecular formula is C15H23FN2O2. The van der Waals surface area contributed by atoms with Crippen LogP contribution in [0.25, 0.3) is 0 Å². The molecule has 112 valence electrons. The van der Waals surface area contributed by atoms with Crippen molar-refractivity contribution in [2.24, 2.45) is 5.73 Å². The lowest BCUT2D eigenvalue weighted by Crippen LogP contribution is -2.40. The highest BCUT2D eigenvalue weighted by molar-refractivity contribution is 5.80. The van der Waals surface area contributed by atoms with Crippen molar-refractivity contribution in [2.75, 3.05) is 13.1 Å². The van der Waals surface area contributed by atoms with Crippen LogP contribution in [0.3, 0.4) is 0 Å². The zero-order valence-electron chi connectivity index (χ0n) is 12.5. The third-order valence-electron chi connectivity index (χ3n) is 3.20. The second-order valence-corrected chi connectivity index (χ2v) is 4.74. The minimum atomic E-state index is -0.643. The third kappa shape index (κ3) is 3.93. The van der Waals surface area contributed by atoms with E-state index >= 15 is 0 Å². The van der Waals surface area contributed by atoms with E-state index in [0.29, 0.717) is 24.4 Å². The third-order valence-corrected chi connectivity index (χ3v) is 3.20. The largest absolute Gasteiger partial charge is 0.481 e. The Morgan fingerprint density at radius 2 is 1.95 bits per heavy atom. The molecule has 20 heavy (non-hydrogen) atoms. The van der Waals surface area contributed by atoms with Gasteiger partial charge in [0.2, 0.25) is 0 Å². The van der Waals surface area contributed by atoms with Gasteiger partial charge in [0.15, 0.2) is 6.10 Å². The SMILES string of the molecule is CCN(CC)C(=O)C(C)Oc1ccc(C(C)N)c(F)c1. The van der Waals surface area contributed by atoms with Crippen LogP contribution in [0.1, 0.15) is 39.3 Å². The van der Waals surface area contributed by atoms with Crippen molar-refractivity contribution >= 4 is 5.91 Å². The molecule has 5 heteroatoms. The van der Waals surface area contributed by atoms with Gasteiger partial charge < -0.3 is 15.4 Å². The molecule has 1 rings (SSSR count). The molecule has 0 radical (unpaired) electrons. The number of carbonyl (C=O) groups excluding carboxylic acids is 1. The predicted octanol–water partition coefficient (Wildman–Crippen LogP) is 2.48. The van der Waals surface area contributed by atoms with E-state index in [-0.39, 0.29) is 11.9 Å². The standard InChI is InChI=1S/C15H23FN2O2/c1-5-18(6-2)15(19)11(4)20-12-7-8-13(10(3)17)14(16)9-12/h7-11H,5-6,17H2,1-4H3. The van der Waals surface area contributed by atoms with Crippen LogP contribution in [0.4, 0.5) is 4.39 Å². The molecular weight excluding hydrogens is 259 g/mol. The van der Waals surface area contributed by atoms with E-state index in [2.05, 4.69) is 0 Å². The number of amides is 1. The predicted molar refractivity (Wildman–Crippen MR) is 77.0 cm³/mol. The maximum Gasteiger partial charge on any atom is 0.263 e. The minimum Gasteiger partial charge on any atom is -0.481 e. The smallest absolute Gasteiger partial charge is 0.263 e. The van der Waals surface area contributed by atoms with Crippen LogP contribution in [0.2, 0.25) is 0 Å². The highest BCUT2D eigenvalue weighted by atomic mass is 19.1. The fourth-order valence-electron chi connectivity index (χ4n) is 2.00. The first-order valence-corrected chi connectivity index (χ1v) is 6.91. The molecule has 1 aromatic carbocycles. The Bertz CT molecular complexity index is 459. The Labute approximate surface area is 119 Å². The van der Waals surface area contributed by atoms with Gasteiger partial charge in [-0.25, -0.2) is 4.39 Å². The van der Waals surface area contributed by atoms with E-state index < -0.39 is 11.9 Å². The molecule has 0 fully saturated rings. The van der Waals surface area contributed by atoms with E-state index in [1.807, 2.05) is 13.8 Å². The Morgan fingerprint density at radius 3 is 2.40 bits per heavy atom. The van der Waals surface area contributed by atoms with Gasteiger partial charge >= 0.3 is 0 Å². The molecule has 2 atom stereocenters. The normalized spacial score (nSPS) is 13.7. The first-order valence-electron chi connectivity index (χ1n) is 6.91. The van der Waals surface area contributed by atoms with Crippen molar-refractivity contribution in [3.05, 3.63) is 29.6 Å². The molecule has 0 aromatic heterocycles. The molecule has 0 aliphatic carbocycles. The number of nitrogens with two attached hydrogens (primary N) is 1. The van der Waals surface area contributed by atoms with Gasteiger partial charge in [-0.05, 0) is 33.8 Å². The van der Waals surface area contributed by atoms with Crippen molar-refractivity contribution in [2.45, 2.75) is 39.8 Å². The number of rotatable bonds is 6. The summed E-state index contributed by atoms with van der Waals surface area (Å²) >= 11 is 0. The molecule has 0 aliphatic heterocycles. The summed E-state index contributed by atoms with van der Waals surface area (Å²) in [5.74, 6) is -0.188. The molecule has 0 heterocycles. The summed E-state index contributed by atoms with van der Waals surface area (Å²) in [6, 6.07) is 4.11. The second-order valence-electron chi connectivity index (χ2n) is 4.74. The molecule has 0 saturated heterocycles. The van der Waals surface area contributed by atoms with Gasteiger partial charge in [0.25, 0.3) is 5.91 Å². The summed E-state index contributed by atoms with van der Waals surface area (Å²) < 4.78 is 19.3. The van der Waals surface area contributed by atoms with E-state index in [1.165, 1.54) is 6.07 Å². The van der Waals surface area contributed by atoms with E-state index in [4.69, 9.17) is 10.5 Å². The van der Waals surface area contributed by atoms with Crippen molar-refractivity contribution < 1.29 is 13.9 Å². The van der Waals surface area contributed by atoms with Gasteiger partial charge in [-0.2, -0.15) is 0 Å². The Balaban J connectivity index is 2.78. The number of benzene rings is 1. The summed E-state index contributed by atoms with van der Waals surface area (Å²) in [4.78, 5) is 13.7. The van der Waals surface area contributed by atoms with E-state index in [9.17, 15) is 9.18 Å². The topological polar surface area (TPSA) is 55.6 Å². The van der Waals surface area contributed by atoms with Crippen LogP contribution >= 0.6 is 0 Å². The first kappa shape index (κ1) is 16.4. The zero-order chi connectivity index (χ0) is 15.3. The van der Waals surface area contributed by atoms with Crippen LogP contribution < -0.4 is 10.5 Å². The van der Waals surface area contributed by atoms with Gasteiger partial charge in [-0.1, -0.05) is 6.07 Å². The van der Waals surface area contributed by atoms with Crippen molar-refractivity contribution in [1.82, 2.24) is 4.90 Å². The summed E-state index contributed by atoms with van der Waals surface area (Å²) in [6.45, 7) is 8.45. The summed E-state index contributed by atoms with van der Waals surface area (Å²) in [5.41, 5.74) is 6.08. The molecule has 0 bridgehead atoms. The van der Waals surface area contributed by atoms with Crippen LogP contribution in [0.5, 0.6) is 5.75 Å². The summed E-state index contributed by atoms with van der Waals surface area (Å²) in [5, 5.41) is 0. The van der Waals surface area contributed by atoms with E-state index in [1.54, 1.807) is 30.9 Å². The molecule has 0 aliphatic rings. The average Bonchev–Trinajstić information content (AvgIpc) is 2.39. The lowest BCUT2D eigenvalue weighted by atomic mass is 10.1. The highest BCUT2D eigenvalue weighted by Gasteiger charge is 2.20. The number of carbonyl (C=O) groups is 1. The monoisotopic (exact) mass is 282 g/mol. The Hall–Kier alpha value is -1.62. The molecule has 0 spiro atoms. The van der Waals surface area contributed by atoms with Crippen LogP contribution in [0, 0.1) is 5.82 Å². The first-order chi connectivity index (χ1) is 9.40. The molecule has 2 N–H and O–H groups in total. The second kappa shape index (κ2) is 7.24. The zero-order valence-corrected chi connectivity index (χ0v) is 12.5. The lowest BCUT2D eigenvalue weighted by molar-refractivity contribution is -0.137. The molecule has 2 unspecified atom stereocenters. The van der Waals surface area contributed by atoms with Crippen LogP contribution in [0.15, 0.2) is 18.2 Å². The van der Waals surface area contributed by atoms with Gasteiger partial charge in [0.05, 0.1) is 0 Å². The van der Waals surface area contributed by atoms with Crippen molar-refractivity contribution in [1.29, 1.82) is 0 Å². The highest BCUT2D eigenvalue weighted by Crippen LogP contribution is 2.21. The summed E-state index contributed by atoms with van der Waals surface area (Å²) in [7, 11) is 0. The molecule has 1 aromatic rings. The van der Waals surface area contributed by atoms with Gasteiger partial charge in [0, 0.05) is 30.8 Å². The maximum absolute atomic E-state index is 13.8. The quantitative estimate of drug-likeness (QED) is 0.872. The maximum atomic E-state index is 13.8. The number of nitrogens with zero attached hydrogens (tertiary/aromatic N) is 1. The fourth-order valence-corrected chi connectivity index (χ4v) is 2.00. The number of likely N-dealkylation sites (N-methyl/N-ethyl adjacent to an activating group) is 1. The van der Waals surface area contributed by atoms with Crippen LogP contribution in [-0.2, 0) is 4.79 Å². The molecule has 1 amide bonds. The molecule has 0 saturated carbocycles. The van der Waals surface area contributed by atoms with Gasteiger partial charge in [-0.15, -0.1) is 0 Å². The van der Waals surface area contributed by atoms with Gasteiger partial charge in [0.1, 0.15) is 11.6 Å². The Morgan fingerprint density at radius 1 is 1.35 bits per heavy atom. The number of ether oxygens (including phenoxy) is 1. The number of hydrogen-bond acceptors (Lipinski definition) is 3. The lowest BCUT2D eigenvalue weighted by Gasteiger charge is -2.23. The summed E-state index contributed by atoms with van der Waals surface area (Å²) in [6.07, 6.45) is -0.643. The number of halogens is 1. The Kier molecular flexibility index (Phi) is 5.95. The van der Waals surface area contributed by atoms with E-state index in [0.717, 1.165) is 0 Å².